The first-order valence-electron chi connectivity index (χ1n) is 6.74. The van der Waals surface area contributed by atoms with E-state index in [-0.39, 0.29) is 5.54 Å². The Labute approximate surface area is 125 Å². The fourth-order valence-corrected chi connectivity index (χ4v) is 4.99. The van der Waals surface area contributed by atoms with Gasteiger partial charge in [0.2, 0.25) is 0 Å². The van der Waals surface area contributed by atoms with Crippen molar-refractivity contribution in [2.75, 3.05) is 0 Å². The molecule has 0 aliphatic heterocycles. The Morgan fingerprint density at radius 2 is 2.05 bits per heavy atom. The molecule has 0 saturated heterocycles. The molecule has 0 radical (unpaired) electrons. The van der Waals surface area contributed by atoms with E-state index in [1.54, 1.807) is 0 Å². The molecule has 1 fully saturated rings. The van der Waals surface area contributed by atoms with Crippen LogP contribution in [0.2, 0.25) is 0 Å². The minimum absolute atomic E-state index is 0.152. The average molecular weight is 335 g/mol. The molecule has 1 heterocycles. The lowest BCUT2D eigenvalue weighted by atomic mass is 10.0. The second-order valence-electron chi connectivity index (χ2n) is 5.60. The Bertz CT molecular complexity index is 656. The fourth-order valence-electron chi connectivity index (χ4n) is 3.24. The molecule has 4 rings (SSSR count). The molecule has 2 N–H and O–H groups in total. The molecule has 2 nitrogen and oxygen atoms in total. The third-order valence-electron chi connectivity index (χ3n) is 4.33. The maximum absolute atomic E-state index is 6.53. The minimum Gasteiger partial charge on any atom is -0.319 e. The summed E-state index contributed by atoms with van der Waals surface area (Å²) < 4.78 is 1.19. The lowest BCUT2D eigenvalue weighted by Crippen LogP contribution is -2.32. The fraction of sp³-hybridized carbons (Fsp3) is 0.400. The molecule has 1 aromatic carbocycles. The first kappa shape index (κ1) is 12.1. The SMILES string of the molecule is NC1(c2nc3c(s2)Cc2c(Br)cccc2-3)CCCC1. The summed E-state index contributed by atoms with van der Waals surface area (Å²) in [4.78, 5) is 6.28. The lowest BCUT2D eigenvalue weighted by Gasteiger charge is -2.20. The molecule has 1 aromatic heterocycles. The van der Waals surface area contributed by atoms with Crippen LogP contribution in [0, 0.1) is 0 Å². The first-order valence-corrected chi connectivity index (χ1v) is 8.35. The number of thiazole rings is 1. The zero-order valence-corrected chi connectivity index (χ0v) is 13.0. The molecule has 0 spiro atoms. The van der Waals surface area contributed by atoms with Crippen molar-refractivity contribution in [2.24, 2.45) is 5.73 Å². The Balaban J connectivity index is 1.82. The first-order chi connectivity index (χ1) is 9.17. The standard InChI is InChI=1S/C15H15BrN2S/c16-11-5-3-4-9-10(11)8-12-13(9)18-14(19-12)15(17)6-1-2-7-15/h3-5H,1-2,6-8,17H2. The van der Waals surface area contributed by atoms with E-state index in [0.29, 0.717) is 0 Å². The second-order valence-corrected chi connectivity index (χ2v) is 7.53. The van der Waals surface area contributed by atoms with Gasteiger partial charge in [-0.1, -0.05) is 40.9 Å². The van der Waals surface area contributed by atoms with Gasteiger partial charge in [-0.05, 0) is 24.5 Å². The molecule has 2 aromatic rings. The molecular formula is C15H15BrN2S. The van der Waals surface area contributed by atoms with Gasteiger partial charge < -0.3 is 5.73 Å². The molecular weight excluding hydrogens is 320 g/mol. The van der Waals surface area contributed by atoms with Crippen molar-refractivity contribution in [3.05, 3.63) is 38.1 Å². The Morgan fingerprint density at radius 1 is 1.26 bits per heavy atom. The van der Waals surface area contributed by atoms with Crippen molar-refractivity contribution < 1.29 is 0 Å². The van der Waals surface area contributed by atoms with Crippen LogP contribution in [-0.4, -0.2) is 4.98 Å². The van der Waals surface area contributed by atoms with E-state index in [0.717, 1.165) is 24.3 Å². The van der Waals surface area contributed by atoms with E-state index in [1.807, 2.05) is 11.3 Å². The van der Waals surface area contributed by atoms with Gasteiger partial charge in [0, 0.05) is 21.3 Å². The molecule has 4 heteroatoms. The number of halogens is 1. The number of hydrogen-bond donors (Lipinski definition) is 1. The van der Waals surface area contributed by atoms with E-state index >= 15 is 0 Å². The molecule has 2 aliphatic carbocycles. The zero-order valence-electron chi connectivity index (χ0n) is 10.6. The summed E-state index contributed by atoms with van der Waals surface area (Å²) in [6.45, 7) is 0. The summed E-state index contributed by atoms with van der Waals surface area (Å²) in [6.07, 6.45) is 5.65. The van der Waals surface area contributed by atoms with Crippen molar-refractivity contribution in [1.82, 2.24) is 4.98 Å². The summed E-state index contributed by atoms with van der Waals surface area (Å²) in [5.74, 6) is 0. The van der Waals surface area contributed by atoms with Gasteiger partial charge in [-0.2, -0.15) is 0 Å². The average Bonchev–Trinajstić information content (AvgIpc) is 3.04. The van der Waals surface area contributed by atoms with Crippen molar-refractivity contribution in [2.45, 2.75) is 37.6 Å². The number of fused-ring (bicyclic) bond motifs is 3. The number of benzene rings is 1. The summed E-state index contributed by atoms with van der Waals surface area (Å²) in [5, 5.41) is 1.15. The molecule has 2 aliphatic rings. The van der Waals surface area contributed by atoms with Crippen LogP contribution in [0.1, 0.15) is 41.1 Å². The van der Waals surface area contributed by atoms with Gasteiger partial charge in [-0.15, -0.1) is 11.3 Å². The van der Waals surface area contributed by atoms with Crippen LogP contribution < -0.4 is 5.73 Å². The number of nitrogens with zero attached hydrogens (tertiary/aromatic N) is 1. The molecule has 0 unspecified atom stereocenters. The molecule has 19 heavy (non-hydrogen) atoms. The monoisotopic (exact) mass is 334 g/mol. The van der Waals surface area contributed by atoms with Gasteiger partial charge in [0.1, 0.15) is 5.01 Å². The molecule has 0 bridgehead atoms. The van der Waals surface area contributed by atoms with Crippen molar-refractivity contribution in [3.8, 4) is 11.3 Å². The highest BCUT2D eigenvalue weighted by atomic mass is 79.9. The van der Waals surface area contributed by atoms with E-state index in [1.165, 1.54) is 39.0 Å². The van der Waals surface area contributed by atoms with E-state index in [4.69, 9.17) is 10.7 Å². The highest BCUT2D eigenvalue weighted by molar-refractivity contribution is 9.10. The maximum Gasteiger partial charge on any atom is 0.113 e. The predicted molar refractivity (Wildman–Crippen MR) is 82.4 cm³/mol. The number of rotatable bonds is 1. The highest BCUT2D eigenvalue weighted by Crippen LogP contribution is 2.46. The van der Waals surface area contributed by atoms with Crippen LogP contribution in [0.3, 0.4) is 0 Å². The third kappa shape index (κ3) is 1.73. The predicted octanol–water partition coefficient (Wildman–Crippen LogP) is 4.20. The summed E-state index contributed by atoms with van der Waals surface area (Å²) in [7, 11) is 0. The maximum atomic E-state index is 6.53. The van der Waals surface area contributed by atoms with Gasteiger partial charge in [0.25, 0.3) is 0 Å². The van der Waals surface area contributed by atoms with Gasteiger partial charge in [-0.3, -0.25) is 0 Å². The summed E-state index contributed by atoms with van der Waals surface area (Å²) >= 11 is 5.46. The van der Waals surface area contributed by atoms with Crippen molar-refractivity contribution in [1.29, 1.82) is 0 Å². The van der Waals surface area contributed by atoms with Crippen LogP contribution in [0.4, 0.5) is 0 Å². The van der Waals surface area contributed by atoms with Gasteiger partial charge in [0.15, 0.2) is 0 Å². The number of hydrogen-bond acceptors (Lipinski definition) is 3. The lowest BCUT2D eigenvalue weighted by molar-refractivity contribution is 0.459. The minimum atomic E-state index is -0.152. The topological polar surface area (TPSA) is 38.9 Å². The van der Waals surface area contributed by atoms with Gasteiger partial charge in [-0.25, -0.2) is 4.98 Å². The normalized spacial score (nSPS) is 19.5. The van der Waals surface area contributed by atoms with E-state index in [9.17, 15) is 0 Å². The quantitative estimate of drug-likeness (QED) is 0.724. The molecule has 98 valence electrons. The van der Waals surface area contributed by atoms with Crippen LogP contribution in [0.25, 0.3) is 11.3 Å². The van der Waals surface area contributed by atoms with Crippen molar-refractivity contribution >= 4 is 27.3 Å². The smallest absolute Gasteiger partial charge is 0.113 e. The number of aromatic nitrogens is 1. The Kier molecular flexibility index (Phi) is 2.63. The summed E-state index contributed by atoms with van der Waals surface area (Å²) in [6, 6.07) is 6.37. The third-order valence-corrected chi connectivity index (χ3v) is 6.35. The Hall–Kier alpha value is -0.710. The van der Waals surface area contributed by atoms with E-state index in [2.05, 4.69) is 34.1 Å². The summed E-state index contributed by atoms with van der Waals surface area (Å²) in [5.41, 5.74) is 10.2. The molecule has 1 saturated carbocycles. The largest absolute Gasteiger partial charge is 0.319 e. The molecule has 0 atom stereocenters. The van der Waals surface area contributed by atoms with Crippen molar-refractivity contribution in [3.63, 3.8) is 0 Å². The van der Waals surface area contributed by atoms with Gasteiger partial charge in [0.05, 0.1) is 11.2 Å². The van der Waals surface area contributed by atoms with Crippen LogP contribution in [0.15, 0.2) is 22.7 Å². The van der Waals surface area contributed by atoms with Crippen LogP contribution in [-0.2, 0) is 12.0 Å². The van der Waals surface area contributed by atoms with E-state index < -0.39 is 0 Å². The highest BCUT2D eigenvalue weighted by Gasteiger charge is 2.36. The zero-order chi connectivity index (χ0) is 13.0. The Morgan fingerprint density at radius 3 is 2.84 bits per heavy atom. The van der Waals surface area contributed by atoms with Crippen LogP contribution in [0.5, 0.6) is 0 Å². The number of nitrogens with two attached hydrogens (primary N) is 1. The van der Waals surface area contributed by atoms with Crippen LogP contribution >= 0.6 is 27.3 Å². The second kappa shape index (κ2) is 4.14. The van der Waals surface area contributed by atoms with Gasteiger partial charge >= 0.3 is 0 Å². The molecule has 0 amide bonds.